The van der Waals surface area contributed by atoms with Gasteiger partial charge < -0.3 is 19.4 Å². The molecule has 6 nitrogen and oxygen atoms in total. The van der Waals surface area contributed by atoms with Gasteiger partial charge in [-0.3, -0.25) is 4.79 Å². The molecule has 0 spiro atoms. The summed E-state index contributed by atoms with van der Waals surface area (Å²) >= 11 is 0. The third-order valence-electron chi connectivity index (χ3n) is 4.67. The number of hydrogen-bond donors (Lipinski definition) is 1. The SMILES string of the molecule is COc1ccc(/C=C/C(=O)NCCc2nc3ccccc3n2C(C)C)cc1OC. The highest BCUT2D eigenvalue weighted by Gasteiger charge is 2.12. The van der Waals surface area contributed by atoms with Crippen molar-refractivity contribution in [2.75, 3.05) is 20.8 Å². The summed E-state index contributed by atoms with van der Waals surface area (Å²) in [5, 5.41) is 2.93. The lowest BCUT2D eigenvalue weighted by Gasteiger charge is -2.13. The number of carbonyl (C=O) groups is 1. The van der Waals surface area contributed by atoms with E-state index in [1.165, 1.54) is 6.08 Å². The Bertz CT molecular complexity index is 1020. The van der Waals surface area contributed by atoms with Gasteiger partial charge in [-0.25, -0.2) is 4.98 Å². The van der Waals surface area contributed by atoms with Gasteiger partial charge in [0.05, 0.1) is 25.3 Å². The van der Waals surface area contributed by atoms with Crippen LogP contribution in [0.5, 0.6) is 11.5 Å². The number of amides is 1. The number of para-hydroxylation sites is 2. The van der Waals surface area contributed by atoms with Gasteiger partial charge in [-0.1, -0.05) is 18.2 Å². The number of hydrogen-bond acceptors (Lipinski definition) is 4. The lowest BCUT2D eigenvalue weighted by atomic mass is 10.2. The van der Waals surface area contributed by atoms with Crippen molar-refractivity contribution >= 4 is 23.0 Å². The molecule has 29 heavy (non-hydrogen) atoms. The molecule has 0 radical (unpaired) electrons. The Morgan fingerprint density at radius 1 is 1.14 bits per heavy atom. The Morgan fingerprint density at radius 3 is 2.62 bits per heavy atom. The van der Waals surface area contributed by atoms with Crippen LogP contribution in [-0.2, 0) is 11.2 Å². The minimum Gasteiger partial charge on any atom is -0.493 e. The normalized spacial score (nSPS) is 11.3. The third kappa shape index (κ3) is 4.77. The highest BCUT2D eigenvalue weighted by molar-refractivity contribution is 5.91. The lowest BCUT2D eigenvalue weighted by Crippen LogP contribution is -2.24. The van der Waals surface area contributed by atoms with Crippen molar-refractivity contribution < 1.29 is 14.3 Å². The fourth-order valence-corrected chi connectivity index (χ4v) is 3.33. The molecule has 3 aromatic rings. The predicted molar refractivity (Wildman–Crippen MR) is 115 cm³/mol. The molecule has 0 bridgehead atoms. The summed E-state index contributed by atoms with van der Waals surface area (Å²) in [5.74, 6) is 2.11. The molecule has 0 unspecified atom stereocenters. The number of benzene rings is 2. The molecule has 0 saturated heterocycles. The first-order chi connectivity index (χ1) is 14.0. The molecule has 1 aromatic heterocycles. The van der Waals surface area contributed by atoms with Crippen LogP contribution in [0.3, 0.4) is 0 Å². The molecule has 1 N–H and O–H groups in total. The van der Waals surface area contributed by atoms with E-state index in [1.54, 1.807) is 20.3 Å². The average Bonchev–Trinajstić information content (AvgIpc) is 3.10. The standard InChI is InChI=1S/C23H27N3O3/c1-16(2)26-19-8-6-5-7-18(19)25-22(26)13-14-24-23(27)12-10-17-9-11-20(28-3)21(15-17)29-4/h5-12,15-16H,13-14H2,1-4H3,(H,24,27)/b12-10+. The first kappa shape index (κ1) is 20.5. The van der Waals surface area contributed by atoms with E-state index >= 15 is 0 Å². The van der Waals surface area contributed by atoms with Crippen LogP contribution in [0.25, 0.3) is 17.1 Å². The summed E-state index contributed by atoms with van der Waals surface area (Å²) in [7, 11) is 3.18. The van der Waals surface area contributed by atoms with Crippen LogP contribution in [0.4, 0.5) is 0 Å². The number of fused-ring (bicyclic) bond motifs is 1. The molecule has 2 aromatic carbocycles. The Hall–Kier alpha value is -3.28. The van der Waals surface area contributed by atoms with E-state index in [4.69, 9.17) is 14.5 Å². The highest BCUT2D eigenvalue weighted by atomic mass is 16.5. The molecule has 0 aliphatic carbocycles. The summed E-state index contributed by atoms with van der Waals surface area (Å²) in [6.07, 6.45) is 3.94. The van der Waals surface area contributed by atoms with Crippen LogP contribution < -0.4 is 14.8 Å². The second-order valence-electron chi connectivity index (χ2n) is 6.97. The van der Waals surface area contributed by atoms with E-state index in [2.05, 4.69) is 29.8 Å². The topological polar surface area (TPSA) is 65.4 Å². The van der Waals surface area contributed by atoms with Crippen molar-refractivity contribution in [1.82, 2.24) is 14.9 Å². The lowest BCUT2D eigenvalue weighted by molar-refractivity contribution is -0.116. The number of imidazole rings is 1. The van der Waals surface area contributed by atoms with E-state index in [-0.39, 0.29) is 5.91 Å². The van der Waals surface area contributed by atoms with Crippen molar-refractivity contribution in [2.24, 2.45) is 0 Å². The third-order valence-corrected chi connectivity index (χ3v) is 4.67. The number of rotatable bonds is 8. The molecule has 1 heterocycles. The van der Waals surface area contributed by atoms with Gasteiger partial charge in [0, 0.05) is 25.1 Å². The van der Waals surface area contributed by atoms with E-state index < -0.39 is 0 Å². The zero-order valence-electron chi connectivity index (χ0n) is 17.3. The molecule has 3 rings (SSSR count). The highest BCUT2D eigenvalue weighted by Crippen LogP contribution is 2.28. The van der Waals surface area contributed by atoms with Gasteiger partial charge in [-0.15, -0.1) is 0 Å². The molecule has 0 aliphatic heterocycles. The molecule has 6 heteroatoms. The van der Waals surface area contributed by atoms with E-state index in [0.29, 0.717) is 30.5 Å². The van der Waals surface area contributed by atoms with E-state index in [1.807, 2.05) is 36.4 Å². The van der Waals surface area contributed by atoms with Crippen molar-refractivity contribution in [2.45, 2.75) is 26.3 Å². The quantitative estimate of drug-likeness (QED) is 0.588. The molecule has 1 amide bonds. The summed E-state index contributed by atoms with van der Waals surface area (Å²) in [5.41, 5.74) is 2.97. The van der Waals surface area contributed by atoms with E-state index in [9.17, 15) is 4.79 Å². The monoisotopic (exact) mass is 393 g/mol. The zero-order chi connectivity index (χ0) is 20.8. The Labute approximate surface area is 171 Å². The second kappa shape index (κ2) is 9.28. The Balaban J connectivity index is 1.61. The van der Waals surface area contributed by atoms with Crippen molar-refractivity contribution in [3.63, 3.8) is 0 Å². The van der Waals surface area contributed by atoms with Gasteiger partial charge in [0.25, 0.3) is 0 Å². The maximum atomic E-state index is 12.2. The number of carbonyl (C=O) groups excluding carboxylic acids is 1. The summed E-state index contributed by atoms with van der Waals surface area (Å²) in [6, 6.07) is 13.9. The number of aromatic nitrogens is 2. The van der Waals surface area contributed by atoms with Crippen LogP contribution in [0.1, 0.15) is 31.3 Å². The molecule has 0 saturated carbocycles. The summed E-state index contributed by atoms with van der Waals surface area (Å²) in [6.45, 7) is 4.80. The van der Waals surface area contributed by atoms with Gasteiger partial charge in [-0.05, 0) is 49.8 Å². The van der Waals surface area contributed by atoms with Crippen molar-refractivity contribution in [1.29, 1.82) is 0 Å². The first-order valence-electron chi connectivity index (χ1n) is 9.67. The fourth-order valence-electron chi connectivity index (χ4n) is 3.33. The van der Waals surface area contributed by atoms with Crippen LogP contribution in [0, 0.1) is 0 Å². The maximum absolute atomic E-state index is 12.2. The van der Waals surface area contributed by atoms with Gasteiger partial charge in [0.2, 0.25) is 5.91 Å². The maximum Gasteiger partial charge on any atom is 0.244 e. The molecule has 152 valence electrons. The van der Waals surface area contributed by atoms with Gasteiger partial charge in [0.1, 0.15) is 5.82 Å². The summed E-state index contributed by atoms with van der Waals surface area (Å²) in [4.78, 5) is 16.9. The van der Waals surface area contributed by atoms with Gasteiger partial charge >= 0.3 is 0 Å². The molecular formula is C23H27N3O3. The molecule has 0 fully saturated rings. The van der Waals surface area contributed by atoms with Crippen LogP contribution in [0.2, 0.25) is 0 Å². The van der Waals surface area contributed by atoms with Crippen LogP contribution in [0.15, 0.2) is 48.5 Å². The second-order valence-corrected chi connectivity index (χ2v) is 6.97. The Kier molecular flexibility index (Phi) is 6.54. The number of nitrogens with zero attached hydrogens (tertiary/aromatic N) is 2. The minimum absolute atomic E-state index is 0.146. The smallest absolute Gasteiger partial charge is 0.244 e. The Morgan fingerprint density at radius 2 is 1.90 bits per heavy atom. The van der Waals surface area contributed by atoms with Crippen LogP contribution >= 0.6 is 0 Å². The van der Waals surface area contributed by atoms with Crippen molar-refractivity contribution in [3.05, 3.63) is 59.9 Å². The average molecular weight is 393 g/mol. The summed E-state index contributed by atoms with van der Waals surface area (Å²) < 4.78 is 12.7. The van der Waals surface area contributed by atoms with Crippen LogP contribution in [-0.4, -0.2) is 36.2 Å². The number of ether oxygens (including phenoxy) is 2. The molecule has 0 aliphatic rings. The number of nitrogens with one attached hydrogen (secondary N) is 1. The molecule has 0 atom stereocenters. The minimum atomic E-state index is -0.146. The largest absolute Gasteiger partial charge is 0.493 e. The first-order valence-corrected chi connectivity index (χ1v) is 9.67. The van der Waals surface area contributed by atoms with Gasteiger partial charge in [-0.2, -0.15) is 0 Å². The fraction of sp³-hybridized carbons (Fsp3) is 0.304. The molecular weight excluding hydrogens is 366 g/mol. The van der Waals surface area contributed by atoms with E-state index in [0.717, 1.165) is 22.4 Å². The number of methoxy groups -OCH3 is 2. The zero-order valence-corrected chi connectivity index (χ0v) is 17.3. The predicted octanol–water partition coefficient (Wildman–Crippen LogP) is 4.01. The van der Waals surface area contributed by atoms with Crippen molar-refractivity contribution in [3.8, 4) is 11.5 Å². The van der Waals surface area contributed by atoms with Gasteiger partial charge in [0.15, 0.2) is 11.5 Å².